The van der Waals surface area contributed by atoms with E-state index in [1.807, 2.05) is 17.7 Å². The minimum atomic E-state index is -0.679. The van der Waals surface area contributed by atoms with Gasteiger partial charge in [0.2, 0.25) is 0 Å². The Morgan fingerprint density at radius 1 is 1.15 bits per heavy atom. The number of hydrogen-bond donors (Lipinski definition) is 0. The van der Waals surface area contributed by atoms with Gasteiger partial charge in [0.15, 0.2) is 0 Å². The Bertz CT molecular complexity index is 658. The summed E-state index contributed by atoms with van der Waals surface area (Å²) in [6, 6.07) is 0. The molecule has 2 rings (SSSR count). The van der Waals surface area contributed by atoms with E-state index in [9.17, 15) is 0 Å². The molecule has 0 aromatic carbocycles. The first kappa shape index (κ1) is 21.7. The quantitative estimate of drug-likeness (QED) is 0.217. The first-order valence-electron chi connectivity index (χ1n) is 9.99. The van der Waals surface area contributed by atoms with Gasteiger partial charge in [0.1, 0.15) is 0 Å². The zero-order valence-corrected chi connectivity index (χ0v) is 20.4. The monoisotopic (exact) mass is 483 g/mol. The number of fused-ring (bicyclic) bond motifs is 1. The van der Waals surface area contributed by atoms with Crippen molar-refractivity contribution in [3.05, 3.63) is 18.2 Å². The molecule has 144 valence electrons. The van der Waals surface area contributed by atoms with Crippen molar-refractivity contribution in [2.45, 2.75) is 82.0 Å². The van der Waals surface area contributed by atoms with Gasteiger partial charge >= 0.3 is 173 Å². The van der Waals surface area contributed by atoms with Gasteiger partial charge < -0.3 is 0 Å². The molecule has 0 aliphatic heterocycles. The number of hydrogen-bond acceptors (Lipinski definition) is 4. The third kappa shape index (κ3) is 5.98. The molecule has 2 aromatic heterocycles. The molecule has 0 aliphatic carbocycles. The molecule has 2 aromatic rings. The van der Waals surface area contributed by atoms with Crippen LogP contribution in [-0.4, -0.2) is 43.9 Å². The predicted molar refractivity (Wildman–Crippen MR) is 114 cm³/mol. The van der Waals surface area contributed by atoms with E-state index in [2.05, 4.69) is 41.5 Å². The van der Waals surface area contributed by atoms with Gasteiger partial charge in [0.25, 0.3) is 0 Å². The topological polar surface area (TPSA) is 38.9 Å². The summed E-state index contributed by atoms with van der Waals surface area (Å²) in [6.07, 6.45) is 18.4. The second-order valence-corrected chi connectivity index (χ2v) is 14.4. The first-order chi connectivity index (χ1) is 12.7. The molecule has 0 bridgehead atoms. The third-order valence-corrected chi connectivity index (χ3v) is 12.2. The average Bonchev–Trinajstić information content (AvgIpc) is 3.21. The summed E-state index contributed by atoms with van der Waals surface area (Å²) in [6.45, 7) is 6.99. The van der Waals surface area contributed by atoms with E-state index in [4.69, 9.17) is 4.84 Å². The van der Waals surface area contributed by atoms with E-state index >= 15 is 0 Å². The molecule has 4 nitrogen and oxygen atoms in total. The number of rotatable bonds is 13. The SMILES string of the molecule is CCCC[C](CCCC)(CCCC)[Sn][c]1cn2cnc(C=NOC)c2s1. The maximum atomic E-state index is 4.82. The molecule has 0 unspecified atom stereocenters. The van der Waals surface area contributed by atoms with Crippen molar-refractivity contribution in [2.75, 3.05) is 7.11 Å². The van der Waals surface area contributed by atoms with Crippen LogP contribution in [0.2, 0.25) is 3.43 Å². The average molecular weight is 482 g/mol. The summed E-state index contributed by atoms with van der Waals surface area (Å²) in [5.41, 5.74) is 0.920. The Morgan fingerprint density at radius 3 is 2.31 bits per heavy atom. The minimum absolute atomic E-state index is 0.627. The van der Waals surface area contributed by atoms with Crippen molar-refractivity contribution < 1.29 is 4.84 Å². The van der Waals surface area contributed by atoms with E-state index in [0.717, 1.165) is 5.69 Å². The van der Waals surface area contributed by atoms with Gasteiger partial charge in [-0.25, -0.2) is 0 Å². The number of nitrogens with zero attached hydrogens (tertiary/aromatic N) is 3. The standard InChI is InChI=1S/C13H27.C7H6N3OS.Sn/c1-4-7-10-13(11-8-5-2)12-9-6-3;1-11-9-4-6-7-10(5-8-6)2-3-12-7;/h4-12H2,1-3H3;2,4-5H,1H3;. The van der Waals surface area contributed by atoms with Gasteiger partial charge in [0.05, 0.1) is 0 Å². The molecule has 0 N–H and O–H groups in total. The Kier molecular flexibility index (Phi) is 9.46. The van der Waals surface area contributed by atoms with Crippen LogP contribution in [0.1, 0.15) is 84.3 Å². The number of imidazole rings is 1. The summed E-state index contributed by atoms with van der Waals surface area (Å²) < 4.78 is 4.45. The molecule has 0 aliphatic rings. The zero-order valence-electron chi connectivity index (χ0n) is 16.8. The van der Waals surface area contributed by atoms with Crippen molar-refractivity contribution in [2.24, 2.45) is 5.16 Å². The summed E-state index contributed by atoms with van der Waals surface area (Å²) in [5, 5.41) is 3.89. The van der Waals surface area contributed by atoms with Crippen LogP contribution in [0.3, 0.4) is 0 Å². The molecule has 2 heterocycles. The van der Waals surface area contributed by atoms with E-state index < -0.39 is 21.1 Å². The van der Waals surface area contributed by atoms with Crippen LogP contribution in [0.4, 0.5) is 0 Å². The fraction of sp³-hybridized carbons (Fsp3) is 0.700. The zero-order chi connectivity index (χ0) is 18.8. The van der Waals surface area contributed by atoms with Crippen molar-refractivity contribution in [3.63, 3.8) is 0 Å². The Labute approximate surface area is 172 Å². The second-order valence-electron chi connectivity index (χ2n) is 7.07. The van der Waals surface area contributed by atoms with E-state index in [0.29, 0.717) is 3.43 Å². The van der Waals surface area contributed by atoms with Crippen LogP contribution in [-0.2, 0) is 4.84 Å². The van der Waals surface area contributed by atoms with Gasteiger partial charge in [0, 0.05) is 0 Å². The number of oxime groups is 1. The van der Waals surface area contributed by atoms with Crippen molar-refractivity contribution in [1.29, 1.82) is 0 Å². The Morgan fingerprint density at radius 2 is 1.77 bits per heavy atom. The summed E-state index contributed by atoms with van der Waals surface area (Å²) in [4.78, 5) is 10.5. The summed E-state index contributed by atoms with van der Waals surface area (Å²) in [5.74, 6) is 0. The number of aromatic nitrogens is 2. The normalized spacial score (nSPS) is 12.5. The van der Waals surface area contributed by atoms with Gasteiger partial charge in [-0.2, -0.15) is 0 Å². The summed E-state index contributed by atoms with van der Waals surface area (Å²) in [7, 11) is 1.57. The van der Waals surface area contributed by atoms with Crippen LogP contribution in [0.15, 0.2) is 17.7 Å². The third-order valence-electron chi connectivity index (χ3n) is 4.93. The fourth-order valence-corrected chi connectivity index (χ4v) is 11.7. The molecular formula is C20H33N3OSSn. The van der Waals surface area contributed by atoms with Crippen molar-refractivity contribution >= 4 is 46.4 Å². The summed E-state index contributed by atoms with van der Waals surface area (Å²) >= 11 is 1.26. The van der Waals surface area contributed by atoms with Crippen LogP contribution < -0.4 is 2.89 Å². The molecular weight excluding hydrogens is 449 g/mol. The number of unbranched alkanes of at least 4 members (excludes halogenated alkanes) is 3. The fourth-order valence-electron chi connectivity index (χ4n) is 3.44. The molecule has 0 saturated carbocycles. The first-order valence-corrected chi connectivity index (χ1v) is 13.7. The molecule has 0 saturated heterocycles. The van der Waals surface area contributed by atoms with Crippen LogP contribution in [0.5, 0.6) is 0 Å². The maximum absolute atomic E-state index is 4.82. The van der Waals surface area contributed by atoms with E-state index in [1.54, 1.807) is 16.2 Å². The molecule has 26 heavy (non-hydrogen) atoms. The molecule has 2 radical (unpaired) electrons. The molecule has 0 fully saturated rings. The van der Waals surface area contributed by atoms with Gasteiger partial charge in [-0.15, -0.1) is 0 Å². The predicted octanol–water partition coefficient (Wildman–Crippen LogP) is 5.43. The Hall–Kier alpha value is -0.561. The Balaban J connectivity index is 2.25. The van der Waals surface area contributed by atoms with Crippen molar-refractivity contribution in [1.82, 2.24) is 9.38 Å². The number of thiazole rings is 1. The second kappa shape index (κ2) is 11.3. The van der Waals surface area contributed by atoms with E-state index in [-0.39, 0.29) is 0 Å². The van der Waals surface area contributed by atoms with Crippen molar-refractivity contribution in [3.8, 4) is 0 Å². The van der Waals surface area contributed by atoms with Crippen LogP contribution in [0.25, 0.3) is 4.83 Å². The van der Waals surface area contributed by atoms with Crippen LogP contribution >= 0.6 is 11.3 Å². The van der Waals surface area contributed by atoms with E-state index in [1.165, 1.54) is 62.6 Å². The molecule has 0 amide bonds. The van der Waals surface area contributed by atoms with Gasteiger partial charge in [-0.05, 0) is 0 Å². The molecule has 6 heteroatoms. The van der Waals surface area contributed by atoms with Crippen LogP contribution in [0, 0.1) is 0 Å². The van der Waals surface area contributed by atoms with Gasteiger partial charge in [-0.3, -0.25) is 0 Å². The molecule has 0 spiro atoms. The molecule has 0 atom stereocenters. The van der Waals surface area contributed by atoms with Gasteiger partial charge in [-0.1, -0.05) is 0 Å².